The molecule has 0 fully saturated rings. The van der Waals surface area contributed by atoms with Crippen molar-refractivity contribution in [1.29, 1.82) is 0 Å². The van der Waals surface area contributed by atoms with E-state index in [4.69, 9.17) is 9.15 Å². The molecule has 0 spiro atoms. The summed E-state index contributed by atoms with van der Waals surface area (Å²) in [6.45, 7) is 14.3. The van der Waals surface area contributed by atoms with Gasteiger partial charge in [-0.15, -0.1) is 0 Å². The number of rotatable bonds is 9. The third-order valence-electron chi connectivity index (χ3n) is 3.10. The van der Waals surface area contributed by atoms with Gasteiger partial charge in [-0.05, 0) is 39.2 Å². The number of hydrogen-bond acceptors (Lipinski definition) is 3. The van der Waals surface area contributed by atoms with Crippen LogP contribution < -0.4 is 10.6 Å². The molecule has 0 bridgehead atoms. The number of nitrogens with one attached hydrogen (secondary N) is 2. The van der Waals surface area contributed by atoms with Gasteiger partial charge in [-0.1, -0.05) is 13.8 Å². The summed E-state index contributed by atoms with van der Waals surface area (Å²) in [6, 6.07) is 2.04. The van der Waals surface area contributed by atoms with E-state index in [1.54, 1.807) is 0 Å². The predicted octanol–water partition coefficient (Wildman–Crippen LogP) is 3.01. The Bertz CT molecular complexity index is 453. The molecule has 5 nitrogen and oxygen atoms in total. The topological polar surface area (TPSA) is 58.8 Å². The van der Waals surface area contributed by atoms with Gasteiger partial charge in [0.25, 0.3) is 0 Å². The van der Waals surface area contributed by atoms with Crippen LogP contribution in [0.1, 0.15) is 44.3 Å². The minimum Gasteiger partial charge on any atom is -0.466 e. The second kappa shape index (κ2) is 10.3. The molecule has 0 atom stereocenters. The summed E-state index contributed by atoms with van der Waals surface area (Å²) in [6.07, 6.45) is 0.973. The summed E-state index contributed by atoms with van der Waals surface area (Å²) in [4.78, 5) is 4.60. The molecule has 1 heterocycles. The summed E-state index contributed by atoms with van der Waals surface area (Å²) in [5.41, 5.74) is 1.13. The minimum atomic E-state index is 0.591. The zero-order valence-corrected chi connectivity index (χ0v) is 14.7. The molecule has 0 aromatic carbocycles. The van der Waals surface area contributed by atoms with Crippen LogP contribution in [0, 0.1) is 19.8 Å². The minimum absolute atomic E-state index is 0.591. The van der Waals surface area contributed by atoms with E-state index in [0.29, 0.717) is 12.5 Å². The van der Waals surface area contributed by atoms with Crippen LogP contribution in [0.2, 0.25) is 0 Å². The second-order valence-corrected chi connectivity index (χ2v) is 5.88. The van der Waals surface area contributed by atoms with Gasteiger partial charge in [-0.2, -0.15) is 0 Å². The van der Waals surface area contributed by atoms with E-state index in [-0.39, 0.29) is 0 Å². The van der Waals surface area contributed by atoms with Crippen LogP contribution in [0.3, 0.4) is 0 Å². The SMILES string of the molecule is CCNC(=NCc1cc(C)oc1C)NCCCOCC(C)C. The Morgan fingerprint density at radius 3 is 2.68 bits per heavy atom. The van der Waals surface area contributed by atoms with Gasteiger partial charge in [-0.25, -0.2) is 4.99 Å². The van der Waals surface area contributed by atoms with E-state index >= 15 is 0 Å². The average molecular weight is 309 g/mol. The fourth-order valence-electron chi connectivity index (χ4n) is 2.05. The van der Waals surface area contributed by atoms with Gasteiger partial charge in [0, 0.05) is 31.9 Å². The van der Waals surface area contributed by atoms with Crippen LogP contribution in [-0.2, 0) is 11.3 Å². The van der Waals surface area contributed by atoms with E-state index in [1.807, 2.05) is 19.9 Å². The first-order chi connectivity index (χ1) is 10.5. The van der Waals surface area contributed by atoms with Gasteiger partial charge < -0.3 is 19.8 Å². The number of aliphatic imine (C=N–C) groups is 1. The first-order valence-corrected chi connectivity index (χ1v) is 8.18. The highest BCUT2D eigenvalue weighted by molar-refractivity contribution is 5.79. The van der Waals surface area contributed by atoms with E-state index in [9.17, 15) is 0 Å². The van der Waals surface area contributed by atoms with Crippen LogP contribution in [0.4, 0.5) is 0 Å². The first kappa shape index (κ1) is 18.6. The Morgan fingerprint density at radius 2 is 2.09 bits per heavy atom. The number of guanidine groups is 1. The molecule has 1 aromatic rings. The lowest BCUT2D eigenvalue weighted by Crippen LogP contribution is -2.38. The van der Waals surface area contributed by atoms with Crippen LogP contribution in [-0.4, -0.2) is 32.3 Å². The second-order valence-electron chi connectivity index (χ2n) is 5.88. The zero-order chi connectivity index (χ0) is 16.4. The molecule has 0 saturated carbocycles. The van der Waals surface area contributed by atoms with Gasteiger partial charge in [0.05, 0.1) is 6.54 Å². The molecule has 0 saturated heterocycles. The Labute approximate surface area is 134 Å². The molecule has 2 N–H and O–H groups in total. The summed E-state index contributed by atoms with van der Waals surface area (Å²) in [5, 5.41) is 6.59. The van der Waals surface area contributed by atoms with Crippen molar-refractivity contribution in [2.75, 3.05) is 26.3 Å². The average Bonchev–Trinajstić information content (AvgIpc) is 2.77. The molecule has 1 rings (SSSR count). The molecule has 5 heteroatoms. The molecule has 0 aliphatic heterocycles. The Balaban J connectivity index is 2.34. The van der Waals surface area contributed by atoms with Gasteiger partial charge in [0.2, 0.25) is 0 Å². The smallest absolute Gasteiger partial charge is 0.191 e. The number of nitrogens with zero attached hydrogens (tertiary/aromatic N) is 1. The molecule has 1 aromatic heterocycles. The van der Waals surface area contributed by atoms with Crippen molar-refractivity contribution in [3.8, 4) is 0 Å². The van der Waals surface area contributed by atoms with Crippen molar-refractivity contribution in [2.24, 2.45) is 10.9 Å². The predicted molar refractivity (Wildman–Crippen MR) is 91.3 cm³/mol. The van der Waals surface area contributed by atoms with Crippen molar-refractivity contribution in [1.82, 2.24) is 10.6 Å². The lowest BCUT2D eigenvalue weighted by Gasteiger charge is -2.11. The fraction of sp³-hybridized carbons (Fsp3) is 0.706. The van der Waals surface area contributed by atoms with Crippen molar-refractivity contribution in [3.05, 3.63) is 23.2 Å². The highest BCUT2D eigenvalue weighted by Gasteiger charge is 2.04. The summed E-state index contributed by atoms with van der Waals surface area (Å²) >= 11 is 0. The summed E-state index contributed by atoms with van der Waals surface area (Å²) < 4.78 is 11.1. The lowest BCUT2D eigenvalue weighted by molar-refractivity contribution is 0.108. The Hall–Kier alpha value is -1.49. The summed E-state index contributed by atoms with van der Waals surface area (Å²) in [5.74, 6) is 3.31. The van der Waals surface area contributed by atoms with Gasteiger partial charge in [0.1, 0.15) is 11.5 Å². The summed E-state index contributed by atoms with van der Waals surface area (Å²) in [7, 11) is 0. The van der Waals surface area contributed by atoms with Crippen molar-refractivity contribution >= 4 is 5.96 Å². The highest BCUT2D eigenvalue weighted by Crippen LogP contribution is 2.14. The molecular formula is C17H31N3O2. The maximum absolute atomic E-state index is 5.57. The Morgan fingerprint density at radius 1 is 1.32 bits per heavy atom. The largest absolute Gasteiger partial charge is 0.466 e. The standard InChI is InChI=1S/C17H31N3O2/c1-6-18-17(19-8-7-9-21-12-13(2)3)20-11-16-10-14(4)22-15(16)5/h10,13H,6-9,11-12H2,1-5H3,(H2,18,19,20). The molecule has 126 valence electrons. The molecule has 0 radical (unpaired) electrons. The van der Waals surface area contributed by atoms with Crippen molar-refractivity contribution in [3.63, 3.8) is 0 Å². The molecule has 0 aliphatic carbocycles. The van der Waals surface area contributed by atoms with E-state index in [0.717, 1.165) is 55.8 Å². The molecule has 0 unspecified atom stereocenters. The molecular weight excluding hydrogens is 278 g/mol. The number of hydrogen-bond donors (Lipinski definition) is 2. The van der Waals surface area contributed by atoms with Crippen LogP contribution in [0.25, 0.3) is 0 Å². The first-order valence-electron chi connectivity index (χ1n) is 8.18. The highest BCUT2D eigenvalue weighted by atomic mass is 16.5. The van der Waals surface area contributed by atoms with E-state index < -0.39 is 0 Å². The number of ether oxygens (including phenoxy) is 1. The zero-order valence-electron chi connectivity index (χ0n) is 14.7. The monoisotopic (exact) mass is 309 g/mol. The number of aryl methyl sites for hydroxylation is 2. The van der Waals surface area contributed by atoms with Gasteiger partial charge in [0.15, 0.2) is 5.96 Å². The van der Waals surface area contributed by atoms with Crippen molar-refractivity contribution < 1.29 is 9.15 Å². The van der Waals surface area contributed by atoms with E-state index in [1.165, 1.54) is 0 Å². The van der Waals surface area contributed by atoms with Gasteiger partial charge >= 0.3 is 0 Å². The quantitative estimate of drug-likeness (QED) is 0.418. The number of furan rings is 1. The van der Waals surface area contributed by atoms with Crippen LogP contribution in [0.15, 0.2) is 15.5 Å². The lowest BCUT2D eigenvalue weighted by atomic mass is 10.2. The molecule has 0 amide bonds. The van der Waals surface area contributed by atoms with Crippen molar-refractivity contribution in [2.45, 2.75) is 47.6 Å². The van der Waals surface area contributed by atoms with Gasteiger partial charge in [-0.3, -0.25) is 0 Å². The maximum Gasteiger partial charge on any atom is 0.191 e. The molecule has 0 aliphatic rings. The molecule has 22 heavy (non-hydrogen) atoms. The normalized spacial score (nSPS) is 12.0. The van der Waals surface area contributed by atoms with Crippen LogP contribution in [0.5, 0.6) is 0 Å². The van der Waals surface area contributed by atoms with E-state index in [2.05, 4.69) is 36.4 Å². The van der Waals surface area contributed by atoms with Crippen LogP contribution >= 0.6 is 0 Å². The third kappa shape index (κ3) is 7.50. The third-order valence-corrected chi connectivity index (χ3v) is 3.10. The fourth-order valence-corrected chi connectivity index (χ4v) is 2.05. The maximum atomic E-state index is 5.57. The Kier molecular flexibility index (Phi) is 8.67.